The molecule has 0 saturated heterocycles. The van der Waals surface area contributed by atoms with Gasteiger partial charge in [0.15, 0.2) is 0 Å². The molecule has 0 aliphatic carbocycles. The lowest BCUT2D eigenvalue weighted by molar-refractivity contribution is 0.407. The Morgan fingerprint density at radius 3 is 2.68 bits per heavy atom. The summed E-state index contributed by atoms with van der Waals surface area (Å²) in [5, 5.41) is 0. The Labute approximate surface area is 120 Å². The lowest BCUT2D eigenvalue weighted by atomic mass is 10.3. The minimum absolute atomic E-state index is 0.526. The predicted molar refractivity (Wildman–Crippen MR) is 76.8 cm³/mol. The van der Waals surface area contributed by atoms with Crippen molar-refractivity contribution < 1.29 is 9.47 Å². The van der Waals surface area contributed by atoms with Gasteiger partial charge in [-0.2, -0.15) is 4.98 Å². The summed E-state index contributed by atoms with van der Waals surface area (Å²) in [6, 6.07) is 9.16. The Kier molecular flexibility index (Phi) is 4.74. The molecule has 19 heavy (non-hydrogen) atoms. The van der Waals surface area contributed by atoms with E-state index >= 15 is 0 Å². The second-order valence-corrected chi connectivity index (χ2v) is 4.79. The van der Waals surface area contributed by atoms with Gasteiger partial charge in [0.25, 0.3) is 0 Å². The topological polar surface area (TPSA) is 44.2 Å². The van der Waals surface area contributed by atoms with E-state index in [1.165, 1.54) is 0 Å². The zero-order valence-electron chi connectivity index (χ0n) is 10.9. The number of rotatable bonds is 5. The Balaban J connectivity index is 2.22. The van der Waals surface area contributed by atoms with Crippen LogP contribution in [-0.2, 0) is 6.42 Å². The molecule has 1 aromatic heterocycles. The van der Waals surface area contributed by atoms with Crippen LogP contribution in [0.4, 0.5) is 0 Å². The fourth-order valence-electron chi connectivity index (χ4n) is 1.62. The normalized spacial score (nSPS) is 10.3. The highest BCUT2D eigenvalue weighted by Gasteiger charge is 2.05. The molecule has 1 heterocycles. The van der Waals surface area contributed by atoms with Crippen molar-refractivity contribution in [2.24, 2.45) is 0 Å². The summed E-state index contributed by atoms with van der Waals surface area (Å²) in [6.45, 7) is 2.09. The summed E-state index contributed by atoms with van der Waals surface area (Å²) in [5.74, 6) is 2.74. The molecule has 100 valence electrons. The van der Waals surface area contributed by atoms with Crippen molar-refractivity contribution in [2.45, 2.75) is 19.8 Å². The molecule has 0 bridgehead atoms. The van der Waals surface area contributed by atoms with Gasteiger partial charge in [0, 0.05) is 18.6 Å². The van der Waals surface area contributed by atoms with Crippen LogP contribution in [-0.4, -0.2) is 17.1 Å². The van der Waals surface area contributed by atoms with Crippen LogP contribution in [0.15, 0.2) is 34.9 Å². The third-order valence-electron chi connectivity index (χ3n) is 2.45. The van der Waals surface area contributed by atoms with Gasteiger partial charge in [0.2, 0.25) is 5.88 Å². The molecular formula is C14H15BrN2O2. The lowest BCUT2D eigenvalue weighted by Gasteiger charge is -2.08. The predicted octanol–water partition coefficient (Wildman–Crippen LogP) is 3.99. The van der Waals surface area contributed by atoms with Gasteiger partial charge in [0.05, 0.1) is 7.11 Å². The van der Waals surface area contributed by atoms with E-state index in [2.05, 4.69) is 32.8 Å². The molecule has 0 fully saturated rings. The number of hydrogen-bond donors (Lipinski definition) is 0. The van der Waals surface area contributed by atoms with Gasteiger partial charge in [-0.3, -0.25) is 0 Å². The molecule has 2 aromatic rings. The average molecular weight is 323 g/mol. The molecule has 0 atom stereocenters. The molecule has 0 unspecified atom stereocenters. The molecule has 0 spiro atoms. The van der Waals surface area contributed by atoms with E-state index in [9.17, 15) is 0 Å². The van der Waals surface area contributed by atoms with Crippen LogP contribution < -0.4 is 9.47 Å². The minimum Gasteiger partial charge on any atom is -0.497 e. The number of halogens is 1. The number of aromatic nitrogens is 2. The van der Waals surface area contributed by atoms with Crippen molar-refractivity contribution in [2.75, 3.05) is 7.11 Å². The summed E-state index contributed by atoms with van der Waals surface area (Å²) in [4.78, 5) is 8.67. The first-order valence-corrected chi connectivity index (χ1v) is 6.86. The highest BCUT2D eigenvalue weighted by Crippen LogP contribution is 2.25. The SMILES string of the molecule is CCCc1nc(Br)cc(Oc2cccc(OC)c2)n1. The molecule has 0 aliphatic rings. The molecule has 4 nitrogen and oxygen atoms in total. The van der Waals surface area contributed by atoms with Crippen LogP contribution in [0.5, 0.6) is 17.4 Å². The van der Waals surface area contributed by atoms with Crippen molar-refractivity contribution in [3.05, 3.63) is 40.8 Å². The van der Waals surface area contributed by atoms with Crippen molar-refractivity contribution >= 4 is 15.9 Å². The third kappa shape index (κ3) is 3.92. The molecule has 0 N–H and O–H groups in total. The van der Waals surface area contributed by atoms with Crippen molar-refractivity contribution in [3.63, 3.8) is 0 Å². The van der Waals surface area contributed by atoms with Gasteiger partial charge in [-0.1, -0.05) is 13.0 Å². The minimum atomic E-state index is 0.526. The van der Waals surface area contributed by atoms with Gasteiger partial charge in [-0.15, -0.1) is 0 Å². The summed E-state index contributed by atoms with van der Waals surface area (Å²) in [5.41, 5.74) is 0. The highest BCUT2D eigenvalue weighted by molar-refractivity contribution is 9.10. The Bertz CT molecular complexity index is 561. The number of hydrogen-bond acceptors (Lipinski definition) is 4. The summed E-state index contributed by atoms with van der Waals surface area (Å²) in [6.07, 6.45) is 1.82. The maximum absolute atomic E-state index is 5.73. The number of methoxy groups -OCH3 is 1. The first-order chi connectivity index (χ1) is 9.21. The fraction of sp³-hybridized carbons (Fsp3) is 0.286. The van der Waals surface area contributed by atoms with Crippen LogP contribution in [0, 0.1) is 0 Å². The summed E-state index contributed by atoms with van der Waals surface area (Å²) in [7, 11) is 1.62. The summed E-state index contributed by atoms with van der Waals surface area (Å²) < 4.78 is 11.6. The number of ether oxygens (including phenoxy) is 2. The molecular weight excluding hydrogens is 308 g/mol. The molecule has 1 aromatic carbocycles. The first kappa shape index (κ1) is 13.8. The Hall–Kier alpha value is -1.62. The fourth-order valence-corrected chi connectivity index (χ4v) is 2.02. The monoisotopic (exact) mass is 322 g/mol. The Morgan fingerprint density at radius 1 is 1.16 bits per heavy atom. The maximum Gasteiger partial charge on any atom is 0.223 e. The molecule has 2 rings (SSSR count). The second kappa shape index (κ2) is 6.52. The van der Waals surface area contributed by atoms with E-state index in [1.54, 1.807) is 13.2 Å². The van der Waals surface area contributed by atoms with Crippen LogP contribution in [0.25, 0.3) is 0 Å². The van der Waals surface area contributed by atoms with Crippen molar-refractivity contribution in [1.82, 2.24) is 9.97 Å². The van der Waals surface area contributed by atoms with Gasteiger partial charge in [-0.25, -0.2) is 4.98 Å². The largest absolute Gasteiger partial charge is 0.497 e. The lowest BCUT2D eigenvalue weighted by Crippen LogP contribution is -1.98. The second-order valence-electron chi connectivity index (χ2n) is 3.98. The maximum atomic E-state index is 5.73. The van der Waals surface area contributed by atoms with E-state index in [0.717, 1.165) is 29.0 Å². The van der Waals surface area contributed by atoms with Crippen LogP contribution in [0.2, 0.25) is 0 Å². The Morgan fingerprint density at radius 2 is 1.95 bits per heavy atom. The molecule has 0 aliphatic heterocycles. The zero-order valence-corrected chi connectivity index (χ0v) is 12.5. The number of aryl methyl sites for hydroxylation is 1. The number of nitrogens with zero attached hydrogens (tertiary/aromatic N) is 2. The van der Waals surface area contributed by atoms with E-state index < -0.39 is 0 Å². The van der Waals surface area contributed by atoms with E-state index in [-0.39, 0.29) is 0 Å². The van der Waals surface area contributed by atoms with Gasteiger partial charge < -0.3 is 9.47 Å². The summed E-state index contributed by atoms with van der Waals surface area (Å²) >= 11 is 3.37. The van der Waals surface area contributed by atoms with E-state index in [1.807, 2.05) is 24.3 Å². The average Bonchev–Trinajstić information content (AvgIpc) is 2.38. The van der Waals surface area contributed by atoms with Gasteiger partial charge >= 0.3 is 0 Å². The zero-order chi connectivity index (χ0) is 13.7. The smallest absolute Gasteiger partial charge is 0.223 e. The quantitative estimate of drug-likeness (QED) is 0.781. The van der Waals surface area contributed by atoms with Crippen LogP contribution in [0.1, 0.15) is 19.2 Å². The first-order valence-electron chi connectivity index (χ1n) is 6.06. The van der Waals surface area contributed by atoms with Crippen molar-refractivity contribution in [3.8, 4) is 17.4 Å². The highest BCUT2D eigenvalue weighted by atomic mass is 79.9. The molecule has 0 amide bonds. The molecule has 5 heteroatoms. The van der Waals surface area contributed by atoms with Crippen molar-refractivity contribution in [1.29, 1.82) is 0 Å². The van der Waals surface area contributed by atoms with Crippen LogP contribution >= 0.6 is 15.9 Å². The number of benzene rings is 1. The van der Waals surface area contributed by atoms with Gasteiger partial charge in [-0.05, 0) is 34.5 Å². The molecule has 0 saturated carbocycles. The molecule has 0 radical (unpaired) electrons. The third-order valence-corrected chi connectivity index (χ3v) is 2.86. The van der Waals surface area contributed by atoms with Gasteiger partial charge in [0.1, 0.15) is 21.9 Å². The van der Waals surface area contributed by atoms with E-state index in [4.69, 9.17) is 9.47 Å². The standard InChI is InChI=1S/C14H15BrN2O2/c1-3-5-13-16-12(15)9-14(17-13)19-11-7-4-6-10(8-11)18-2/h4,6-9H,3,5H2,1-2H3. The van der Waals surface area contributed by atoms with Crippen LogP contribution in [0.3, 0.4) is 0 Å². The van der Waals surface area contributed by atoms with E-state index in [0.29, 0.717) is 11.6 Å².